The zero-order chi connectivity index (χ0) is 22.8. The monoisotopic (exact) mass is 496 g/mol. The van der Waals surface area contributed by atoms with Crippen LogP contribution in [0.25, 0.3) is 0 Å². The Morgan fingerprint density at radius 1 is 1.16 bits per heavy atom. The fourth-order valence-corrected chi connectivity index (χ4v) is 4.74. The number of methoxy groups -OCH3 is 1. The van der Waals surface area contributed by atoms with Crippen LogP contribution in [0.3, 0.4) is 0 Å². The van der Waals surface area contributed by atoms with Gasteiger partial charge in [-0.15, -0.1) is 0 Å². The van der Waals surface area contributed by atoms with Crippen LogP contribution in [0, 0.1) is 0 Å². The number of carbonyl (C=O) groups excluding carboxylic acids is 1. The molecule has 1 saturated heterocycles. The zero-order valence-corrected chi connectivity index (χ0v) is 21.7. The molecule has 0 aliphatic carbocycles. The molecule has 0 spiro atoms. The SMILES string of the molecule is CCCC(CC)N1CCN(C(=O)CN(C)CCN(CC)c2ccc(Br)c(OC)c2)CC1. The average Bonchev–Trinajstić information content (AvgIpc) is 2.78. The Morgan fingerprint density at radius 3 is 2.45 bits per heavy atom. The Kier molecular flexibility index (Phi) is 11.1. The summed E-state index contributed by atoms with van der Waals surface area (Å²) in [6.45, 7) is 13.5. The first-order valence-corrected chi connectivity index (χ1v) is 12.5. The Bertz CT molecular complexity index is 680. The summed E-state index contributed by atoms with van der Waals surface area (Å²) in [4.78, 5) is 21.9. The number of hydrogen-bond donors (Lipinski definition) is 0. The molecule has 1 aliphatic heterocycles. The molecule has 0 N–H and O–H groups in total. The molecule has 1 aliphatic rings. The molecular weight excluding hydrogens is 456 g/mol. The summed E-state index contributed by atoms with van der Waals surface area (Å²) in [6.07, 6.45) is 3.68. The lowest BCUT2D eigenvalue weighted by atomic mass is 10.1. The average molecular weight is 498 g/mol. The maximum absolute atomic E-state index is 12.8. The van der Waals surface area contributed by atoms with Gasteiger partial charge in [0.25, 0.3) is 0 Å². The van der Waals surface area contributed by atoms with Gasteiger partial charge in [0.05, 0.1) is 18.1 Å². The molecular formula is C24H41BrN4O2. The second kappa shape index (κ2) is 13.3. The molecule has 7 heteroatoms. The Balaban J connectivity index is 1.80. The van der Waals surface area contributed by atoms with E-state index in [1.54, 1.807) is 7.11 Å². The van der Waals surface area contributed by atoms with Crippen LogP contribution in [0.2, 0.25) is 0 Å². The van der Waals surface area contributed by atoms with E-state index in [0.717, 1.165) is 61.7 Å². The standard InChI is InChI=1S/C24H41BrN4O2/c1-6-9-20(7-2)28-14-16-29(17-15-28)24(30)19-26(4)12-13-27(8-3)21-10-11-22(25)23(18-21)31-5/h10-11,18,20H,6-9,12-17,19H2,1-5H3. The minimum Gasteiger partial charge on any atom is -0.495 e. The van der Waals surface area contributed by atoms with Crippen molar-refractivity contribution in [1.29, 1.82) is 0 Å². The van der Waals surface area contributed by atoms with E-state index in [9.17, 15) is 4.79 Å². The largest absolute Gasteiger partial charge is 0.495 e. The van der Waals surface area contributed by atoms with Crippen molar-refractivity contribution in [3.05, 3.63) is 22.7 Å². The van der Waals surface area contributed by atoms with E-state index in [-0.39, 0.29) is 5.91 Å². The third-order valence-corrected chi connectivity index (χ3v) is 6.97. The van der Waals surface area contributed by atoms with E-state index in [0.29, 0.717) is 12.6 Å². The lowest BCUT2D eigenvalue weighted by molar-refractivity contribution is -0.134. The predicted octanol–water partition coefficient (Wildman–Crippen LogP) is 3.94. The number of likely N-dealkylation sites (N-methyl/N-ethyl adjacent to an activating group) is 2. The van der Waals surface area contributed by atoms with Crippen LogP contribution in [-0.2, 0) is 4.79 Å². The minimum absolute atomic E-state index is 0.249. The molecule has 1 fully saturated rings. The van der Waals surface area contributed by atoms with Crippen molar-refractivity contribution >= 4 is 27.5 Å². The van der Waals surface area contributed by atoms with E-state index in [2.05, 4.69) is 63.5 Å². The number of halogens is 1. The summed E-state index contributed by atoms with van der Waals surface area (Å²) < 4.78 is 6.39. The van der Waals surface area contributed by atoms with Gasteiger partial charge in [-0.25, -0.2) is 0 Å². The van der Waals surface area contributed by atoms with Gasteiger partial charge in [0.15, 0.2) is 0 Å². The number of ether oxygens (including phenoxy) is 1. The van der Waals surface area contributed by atoms with Crippen molar-refractivity contribution in [3.8, 4) is 5.75 Å². The summed E-state index contributed by atoms with van der Waals surface area (Å²) in [5.74, 6) is 1.09. The lowest BCUT2D eigenvalue weighted by Gasteiger charge is -2.39. The van der Waals surface area contributed by atoms with Crippen LogP contribution < -0.4 is 9.64 Å². The molecule has 31 heavy (non-hydrogen) atoms. The fourth-order valence-electron chi connectivity index (χ4n) is 4.33. The van der Waals surface area contributed by atoms with Gasteiger partial charge in [-0.3, -0.25) is 14.6 Å². The maximum Gasteiger partial charge on any atom is 0.236 e. The first-order valence-electron chi connectivity index (χ1n) is 11.7. The Hall–Kier alpha value is -1.31. The van der Waals surface area contributed by atoms with E-state index in [4.69, 9.17) is 4.74 Å². The number of benzene rings is 1. The van der Waals surface area contributed by atoms with Crippen molar-refractivity contribution < 1.29 is 9.53 Å². The molecule has 6 nitrogen and oxygen atoms in total. The fraction of sp³-hybridized carbons (Fsp3) is 0.708. The summed E-state index contributed by atoms with van der Waals surface area (Å²) in [5.41, 5.74) is 1.14. The second-order valence-corrected chi connectivity index (χ2v) is 9.26. The first kappa shape index (κ1) is 25.9. The van der Waals surface area contributed by atoms with Crippen molar-refractivity contribution in [2.24, 2.45) is 0 Å². The molecule has 1 aromatic rings. The minimum atomic E-state index is 0.249. The van der Waals surface area contributed by atoms with Crippen molar-refractivity contribution in [2.45, 2.75) is 46.1 Å². The molecule has 0 aromatic heterocycles. The van der Waals surface area contributed by atoms with E-state index in [1.165, 1.54) is 19.3 Å². The topological polar surface area (TPSA) is 39.3 Å². The van der Waals surface area contributed by atoms with Gasteiger partial charge in [0, 0.05) is 63.6 Å². The quantitative estimate of drug-likeness (QED) is 0.438. The molecule has 2 rings (SSSR count). The van der Waals surface area contributed by atoms with Gasteiger partial charge < -0.3 is 14.5 Å². The highest BCUT2D eigenvalue weighted by Crippen LogP contribution is 2.29. The highest BCUT2D eigenvalue weighted by molar-refractivity contribution is 9.10. The number of piperazine rings is 1. The zero-order valence-electron chi connectivity index (χ0n) is 20.1. The van der Waals surface area contributed by atoms with Crippen LogP contribution in [0.4, 0.5) is 5.69 Å². The predicted molar refractivity (Wildman–Crippen MR) is 133 cm³/mol. The van der Waals surface area contributed by atoms with Crippen molar-refractivity contribution in [2.75, 3.05) is 71.4 Å². The Morgan fingerprint density at radius 2 is 1.87 bits per heavy atom. The summed E-state index contributed by atoms with van der Waals surface area (Å²) in [5, 5.41) is 0. The summed E-state index contributed by atoms with van der Waals surface area (Å²) in [6, 6.07) is 6.85. The molecule has 1 aromatic carbocycles. The van der Waals surface area contributed by atoms with Gasteiger partial charge in [-0.05, 0) is 54.9 Å². The summed E-state index contributed by atoms with van der Waals surface area (Å²) in [7, 11) is 3.73. The molecule has 1 unspecified atom stereocenters. The Labute approximate surface area is 197 Å². The lowest BCUT2D eigenvalue weighted by Crippen LogP contribution is -2.53. The van der Waals surface area contributed by atoms with Crippen molar-refractivity contribution in [1.82, 2.24) is 14.7 Å². The third-order valence-electron chi connectivity index (χ3n) is 6.31. The van der Waals surface area contributed by atoms with E-state index in [1.807, 2.05) is 18.0 Å². The maximum atomic E-state index is 12.8. The van der Waals surface area contributed by atoms with E-state index >= 15 is 0 Å². The summed E-state index contributed by atoms with van der Waals surface area (Å²) >= 11 is 3.52. The normalized spacial score (nSPS) is 15.9. The van der Waals surface area contributed by atoms with Crippen LogP contribution >= 0.6 is 15.9 Å². The molecule has 1 amide bonds. The molecule has 1 heterocycles. The first-order chi connectivity index (χ1) is 14.9. The molecule has 0 bridgehead atoms. The molecule has 1 atom stereocenters. The van der Waals surface area contributed by atoms with Crippen molar-refractivity contribution in [3.63, 3.8) is 0 Å². The molecule has 0 saturated carbocycles. The molecule has 176 valence electrons. The number of rotatable bonds is 12. The van der Waals surface area contributed by atoms with Gasteiger partial charge in [0.2, 0.25) is 5.91 Å². The number of anilines is 1. The van der Waals surface area contributed by atoms with Crippen LogP contribution in [-0.4, -0.2) is 93.2 Å². The highest BCUT2D eigenvalue weighted by atomic mass is 79.9. The molecule has 0 radical (unpaired) electrons. The number of nitrogens with zero attached hydrogens (tertiary/aromatic N) is 4. The van der Waals surface area contributed by atoms with E-state index < -0.39 is 0 Å². The second-order valence-electron chi connectivity index (χ2n) is 8.40. The number of amides is 1. The van der Waals surface area contributed by atoms with Gasteiger partial charge >= 0.3 is 0 Å². The number of carbonyl (C=O) groups is 1. The number of hydrogen-bond acceptors (Lipinski definition) is 5. The van der Waals surface area contributed by atoms with Gasteiger partial charge in [-0.1, -0.05) is 20.3 Å². The highest BCUT2D eigenvalue weighted by Gasteiger charge is 2.25. The van der Waals surface area contributed by atoms with Crippen LogP contribution in [0.5, 0.6) is 5.75 Å². The third kappa shape index (κ3) is 7.65. The van der Waals surface area contributed by atoms with Gasteiger partial charge in [0.1, 0.15) is 5.75 Å². The van der Waals surface area contributed by atoms with Gasteiger partial charge in [-0.2, -0.15) is 0 Å². The van der Waals surface area contributed by atoms with Crippen LogP contribution in [0.1, 0.15) is 40.0 Å². The van der Waals surface area contributed by atoms with Crippen LogP contribution in [0.15, 0.2) is 22.7 Å². The smallest absolute Gasteiger partial charge is 0.236 e.